The number of aliphatic hydroxyl groups is 2. The van der Waals surface area contributed by atoms with Crippen LogP contribution in [-0.2, 0) is 57.0 Å². The molecular formula is C52H93N7O19. The van der Waals surface area contributed by atoms with Crippen molar-refractivity contribution in [1.82, 2.24) is 31.9 Å². The molecule has 7 unspecified atom stereocenters. The highest BCUT2D eigenvalue weighted by Crippen LogP contribution is 2.36. The van der Waals surface area contributed by atoms with E-state index in [1.54, 1.807) is 118 Å². The second-order valence-electron chi connectivity index (χ2n) is 25.1. The summed E-state index contributed by atoms with van der Waals surface area (Å²) in [5, 5.41) is 40.9. The van der Waals surface area contributed by atoms with Crippen molar-refractivity contribution in [3.05, 3.63) is 0 Å². The number of carbonyl (C=O) groups excluding carboxylic acids is 7. The predicted octanol–water partition coefficient (Wildman–Crippen LogP) is 3.88. The summed E-state index contributed by atoms with van der Waals surface area (Å²) in [6.45, 7) is 29.1. The third-order valence-corrected chi connectivity index (χ3v) is 11.9. The zero-order valence-corrected chi connectivity index (χ0v) is 49.0. The predicted molar refractivity (Wildman–Crippen MR) is 280 cm³/mol. The zero-order valence-electron chi connectivity index (χ0n) is 49.0. The van der Waals surface area contributed by atoms with Crippen LogP contribution in [0, 0.1) is 11.8 Å². The monoisotopic (exact) mass is 1120 g/mol. The van der Waals surface area contributed by atoms with Crippen molar-refractivity contribution in [2.24, 2.45) is 17.6 Å². The second kappa shape index (κ2) is 27.9. The molecule has 26 nitrogen and oxygen atoms in total. The lowest BCUT2D eigenvalue weighted by molar-refractivity contribution is -0.312. The Morgan fingerprint density at radius 2 is 1.05 bits per heavy atom. The van der Waals surface area contributed by atoms with Crippen LogP contribution in [0.1, 0.15) is 150 Å². The molecular weight excluding hydrogens is 1030 g/mol. The van der Waals surface area contributed by atoms with Crippen molar-refractivity contribution in [3.8, 4) is 0 Å². The van der Waals surface area contributed by atoms with Crippen LogP contribution in [0.5, 0.6) is 0 Å². The lowest BCUT2D eigenvalue weighted by Gasteiger charge is -2.50. The number of amides is 6. The van der Waals surface area contributed by atoms with Crippen LogP contribution in [0.2, 0.25) is 0 Å². The van der Waals surface area contributed by atoms with Crippen molar-refractivity contribution >= 4 is 42.3 Å². The maximum Gasteiger partial charge on any atom is 0.408 e. The Bertz CT molecular complexity index is 2010. The van der Waals surface area contributed by atoms with E-state index >= 15 is 0 Å². The molecule has 26 heteroatoms. The molecule has 15 atom stereocenters. The fraction of sp³-hybridized carbons (Fsp3) is 0.865. The Kier molecular flexibility index (Phi) is 24.1. The van der Waals surface area contributed by atoms with E-state index in [2.05, 4.69) is 31.9 Å². The van der Waals surface area contributed by atoms with Gasteiger partial charge in [-0.3, -0.25) is 9.59 Å². The molecule has 3 aliphatic rings. The standard InChI is InChI=1S/C52H93N7O19/c1-26(21-22-54-43(64)74-48(4,5)6)40(63)56-31-23-32(58-46(67)77-51(13,14)15)37(72-42-30(57-45(66)76-50(10,11)12)20-19-29(70-42)25-55-44(65)75-49(7,8)9)35(62)36(31)71-41-27(2)34(59-47(68)78-52(16,17)18)39(69-28(3)60)38(73-41)33(61)24-53/h26-27,29-39,41-42,61-62H,19-25,53H2,1-18H3,(H,54,64)(H,55,65)(H,56,63)(H,57,66)(H,58,67)(H,59,68)/t26-,27?,29?,30?,31+,32+,33?,34+,35?,36-,37?,38?,39-,41-,42+/m0/s1. The van der Waals surface area contributed by atoms with Crippen LogP contribution in [0.15, 0.2) is 0 Å². The molecule has 6 amide bonds. The molecule has 3 fully saturated rings. The van der Waals surface area contributed by atoms with Gasteiger partial charge in [0.15, 0.2) is 18.7 Å². The second-order valence-corrected chi connectivity index (χ2v) is 25.1. The molecule has 1 saturated carbocycles. The Morgan fingerprint density at radius 3 is 1.54 bits per heavy atom. The summed E-state index contributed by atoms with van der Waals surface area (Å²) in [5.41, 5.74) is 1.48. The average Bonchev–Trinajstić information content (AvgIpc) is 3.24. The van der Waals surface area contributed by atoms with Crippen LogP contribution < -0.4 is 37.6 Å². The van der Waals surface area contributed by atoms with Gasteiger partial charge in [0.1, 0.15) is 52.4 Å². The third kappa shape index (κ3) is 23.4. The zero-order chi connectivity index (χ0) is 59.5. The van der Waals surface area contributed by atoms with Crippen LogP contribution in [-0.4, -0.2) is 180 Å². The SMILES string of the molecule is CC(=O)O[C@@H]1C(C(O)CN)O[C@H](O[C@@H]2C(O)C(O[C@H]3OC(CNC(=O)OC(C)(C)C)CCC3NC(=O)OC(C)(C)C)[C@H](NC(=O)OC(C)(C)C)C[C@H]2NC(=O)[C@@H](C)CCNC(=O)OC(C)(C)C)C(C)[C@H]1NC(=O)OC(C)(C)C. The van der Waals surface area contributed by atoms with Gasteiger partial charge < -0.3 is 95.2 Å². The molecule has 0 spiro atoms. The number of aliphatic hydroxyl groups excluding tert-OH is 2. The van der Waals surface area contributed by atoms with Crippen LogP contribution in [0.25, 0.3) is 0 Å². The summed E-state index contributed by atoms with van der Waals surface area (Å²) in [7, 11) is 0. The Hall–Kier alpha value is -4.99. The first-order chi connectivity index (χ1) is 35.6. The number of esters is 1. The van der Waals surface area contributed by atoms with Gasteiger partial charge in [-0.1, -0.05) is 13.8 Å². The smallest absolute Gasteiger partial charge is 0.408 e. The summed E-state index contributed by atoms with van der Waals surface area (Å²) >= 11 is 0. The fourth-order valence-corrected chi connectivity index (χ4v) is 8.63. The number of hydrogen-bond acceptors (Lipinski definition) is 20. The lowest BCUT2D eigenvalue weighted by Crippen LogP contribution is -2.70. The number of nitrogens with one attached hydrogen (secondary N) is 6. The minimum atomic E-state index is -1.86. The van der Waals surface area contributed by atoms with E-state index in [0.717, 1.165) is 6.92 Å². The van der Waals surface area contributed by atoms with Crippen molar-refractivity contribution in [2.45, 2.75) is 258 Å². The molecule has 0 radical (unpaired) electrons. The Labute approximate surface area is 459 Å². The van der Waals surface area contributed by atoms with E-state index in [4.69, 9.17) is 53.1 Å². The maximum atomic E-state index is 14.3. The average molecular weight is 1120 g/mol. The van der Waals surface area contributed by atoms with Crippen molar-refractivity contribution < 1.29 is 91.1 Å². The van der Waals surface area contributed by atoms with Crippen LogP contribution >= 0.6 is 0 Å². The van der Waals surface area contributed by atoms with E-state index in [1.807, 2.05) is 0 Å². The molecule has 0 bridgehead atoms. The van der Waals surface area contributed by atoms with E-state index in [0.29, 0.717) is 0 Å². The van der Waals surface area contributed by atoms with Crippen molar-refractivity contribution in [3.63, 3.8) is 0 Å². The first kappa shape index (κ1) is 67.3. The molecule has 2 aliphatic heterocycles. The van der Waals surface area contributed by atoms with E-state index < -0.39 is 168 Å². The van der Waals surface area contributed by atoms with Crippen LogP contribution in [0.4, 0.5) is 24.0 Å². The van der Waals surface area contributed by atoms with Gasteiger partial charge in [-0.25, -0.2) is 24.0 Å². The minimum absolute atomic E-state index is 0.0391. The van der Waals surface area contributed by atoms with Gasteiger partial charge in [0.05, 0.1) is 36.4 Å². The highest BCUT2D eigenvalue weighted by Gasteiger charge is 2.55. The van der Waals surface area contributed by atoms with Crippen molar-refractivity contribution in [1.29, 1.82) is 0 Å². The molecule has 2 heterocycles. The quantitative estimate of drug-likeness (QED) is 0.0737. The highest BCUT2D eigenvalue weighted by atomic mass is 16.7. The van der Waals surface area contributed by atoms with E-state index in [9.17, 15) is 43.8 Å². The maximum absolute atomic E-state index is 14.3. The van der Waals surface area contributed by atoms with Gasteiger partial charge in [-0.15, -0.1) is 0 Å². The molecule has 0 aromatic heterocycles. The third-order valence-electron chi connectivity index (χ3n) is 11.9. The summed E-state index contributed by atoms with van der Waals surface area (Å²) in [5.74, 6) is -3.12. The summed E-state index contributed by atoms with van der Waals surface area (Å²) in [4.78, 5) is 92.8. The van der Waals surface area contributed by atoms with Gasteiger partial charge in [0.2, 0.25) is 5.91 Å². The van der Waals surface area contributed by atoms with Gasteiger partial charge in [-0.2, -0.15) is 0 Å². The number of alkyl carbamates (subject to hydrolysis) is 5. The number of ether oxygens (including phenoxy) is 10. The number of hydrogen-bond donors (Lipinski definition) is 9. The fourth-order valence-electron chi connectivity index (χ4n) is 8.63. The normalized spacial score (nSPS) is 28.8. The number of nitrogens with two attached hydrogens (primary N) is 1. The van der Waals surface area contributed by atoms with E-state index in [1.165, 1.54) is 0 Å². The highest BCUT2D eigenvalue weighted by molar-refractivity contribution is 5.79. The molecule has 3 rings (SSSR count). The summed E-state index contributed by atoms with van der Waals surface area (Å²) in [6, 6.07) is -4.62. The molecule has 0 aromatic rings. The topological polar surface area (TPSA) is 350 Å². The summed E-state index contributed by atoms with van der Waals surface area (Å²) < 4.78 is 59.6. The van der Waals surface area contributed by atoms with Gasteiger partial charge >= 0.3 is 36.4 Å². The molecule has 450 valence electrons. The largest absolute Gasteiger partial charge is 0.457 e. The minimum Gasteiger partial charge on any atom is -0.457 e. The number of carbonyl (C=O) groups is 7. The first-order valence-corrected chi connectivity index (χ1v) is 26.7. The summed E-state index contributed by atoms with van der Waals surface area (Å²) in [6.07, 6.45) is -16.7. The first-order valence-electron chi connectivity index (χ1n) is 26.7. The molecule has 0 aromatic carbocycles. The van der Waals surface area contributed by atoms with Crippen LogP contribution in [0.3, 0.4) is 0 Å². The Morgan fingerprint density at radius 1 is 0.603 bits per heavy atom. The lowest BCUT2D eigenvalue weighted by atomic mass is 9.82. The van der Waals surface area contributed by atoms with Gasteiger partial charge in [0.25, 0.3) is 0 Å². The molecule has 1 aliphatic carbocycles. The number of rotatable bonds is 17. The van der Waals surface area contributed by atoms with Crippen molar-refractivity contribution in [2.75, 3.05) is 19.6 Å². The molecule has 78 heavy (non-hydrogen) atoms. The van der Waals surface area contributed by atoms with Gasteiger partial charge in [-0.05, 0) is 130 Å². The van der Waals surface area contributed by atoms with Gasteiger partial charge in [0, 0.05) is 38.4 Å². The molecule has 2 saturated heterocycles. The Balaban J connectivity index is 2.22. The molecule has 10 N–H and O–H groups in total. The van der Waals surface area contributed by atoms with E-state index in [-0.39, 0.29) is 38.8 Å².